The molecule has 4 heteroatoms. The lowest BCUT2D eigenvalue weighted by molar-refractivity contribution is 0.699. The van der Waals surface area contributed by atoms with Crippen LogP contribution in [0.5, 0.6) is 0 Å². The first-order valence-corrected chi connectivity index (χ1v) is 2.95. The normalized spacial score (nSPS) is 12.3. The molecule has 0 unspecified atom stereocenters. The molecule has 0 saturated carbocycles. The van der Waals surface area contributed by atoms with Crippen molar-refractivity contribution < 1.29 is 0 Å². The number of hydrogen-bond acceptors (Lipinski definition) is 2. The second kappa shape index (κ2) is 3.58. The van der Waals surface area contributed by atoms with Crippen LogP contribution in [0.25, 0.3) is 0 Å². The number of aromatic nitrogens is 2. The summed E-state index contributed by atoms with van der Waals surface area (Å²) in [5.41, 5.74) is 6.49. The van der Waals surface area contributed by atoms with Gasteiger partial charge in [-0.25, -0.2) is 0 Å². The Kier molecular flexibility index (Phi) is 3.39. The van der Waals surface area contributed by atoms with Gasteiger partial charge in [0.1, 0.15) is 0 Å². The van der Waals surface area contributed by atoms with E-state index in [9.17, 15) is 0 Å². The molecule has 0 bridgehead atoms. The zero-order valence-electron chi connectivity index (χ0n) is 6.11. The average Bonchev–Trinajstić information content (AvgIpc) is 2.14. The van der Waals surface area contributed by atoms with Crippen molar-refractivity contribution in [2.75, 3.05) is 0 Å². The van der Waals surface area contributed by atoms with Gasteiger partial charge in [-0.15, -0.1) is 12.4 Å². The zero-order chi connectivity index (χ0) is 6.85. The van der Waals surface area contributed by atoms with Crippen LogP contribution in [-0.4, -0.2) is 9.78 Å². The Hall–Kier alpha value is -0.540. The summed E-state index contributed by atoms with van der Waals surface area (Å²) in [7, 11) is 1.88. The van der Waals surface area contributed by atoms with Gasteiger partial charge in [-0.1, -0.05) is 0 Å². The van der Waals surface area contributed by atoms with Crippen LogP contribution in [0.15, 0.2) is 12.3 Å². The molecule has 0 radical (unpaired) electrons. The molecule has 0 saturated heterocycles. The number of nitrogens with two attached hydrogens (primary N) is 1. The van der Waals surface area contributed by atoms with Gasteiger partial charge >= 0.3 is 0 Å². The van der Waals surface area contributed by atoms with Gasteiger partial charge in [0.25, 0.3) is 0 Å². The Balaban J connectivity index is 0.000000810. The third-order valence-corrected chi connectivity index (χ3v) is 1.20. The van der Waals surface area contributed by atoms with Crippen molar-refractivity contribution in [3.8, 4) is 0 Å². The third-order valence-electron chi connectivity index (χ3n) is 1.20. The first-order chi connectivity index (χ1) is 4.20. The van der Waals surface area contributed by atoms with Gasteiger partial charge in [0.2, 0.25) is 0 Å². The molecule has 1 aromatic heterocycles. The maximum Gasteiger partial charge on any atom is 0.0788 e. The van der Waals surface area contributed by atoms with E-state index in [1.54, 1.807) is 4.68 Å². The van der Waals surface area contributed by atoms with E-state index in [2.05, 4.69) is 5.10 Å². The van der Waals surface area contributed by atoms with Crippen molar-refractivity contribution in [2.45, 2.75) is 13.0 Å². The monoisotopic (exact) mass is 161 g/mol. The molecule has 0 aromatic carbocycles. The van der Waals surface area contributed by atoms with Crippen molar-refractivity contribution >= 4 is 12.4 Å². The molecule has 0 amide bonds. The highest BCUT2D eigenvalue weighted by Gasteiger charge is 1.99. The minimum absolute atomic E-state index is 0. The minimum atomic E-state index is 0. The molecular weight excluding hydrogens is 150 g/mol. The van der Waals surface area contributed by atoms with Gasteiger partial charge in [-0.3, -0.25) is 4.68 Å². The van der Waals surface area contributed by atoms with Crippen molar-refractivity contribution in [3.05, 3.63) is 18.0 Å². The summed E-state index contributed by atoms with van der Waals surface area (Å²) in [4.78, 5) is 0. The summed E-state index contributed by atoms with van der Waals surface area (Å²) in [6.45, 7) is 1.92. The van der Waals surface area contributed by atoms with Crippen LogP contribution >= 0.6 is 12.4 Å². The lowest BCUT2D eigenvalue weighted by Crippen LogP contribution is -2.06. The Labute approximate surface area is 66.6 Å². The van der Waals surface area contributed by atoms with Gasteiger partial charge in [-0.2, -0.15) is 5.10 Å². The molecular formula is C6H12ClN3. The zero-order valence-corrected chi connectivity index (χ0v) is 6.93. The summed E-state index contributed by atoms with van der Waals surface area (Å²) in [6, 6.07) is 1.97. The second-order valence-electron chi connectivity index (χ2n) is 2.20. The summed E-state index contributed by atoms with van der Waals surface area (Å²) < 4.78 is 1.75. The van der Waals surface area contributed by atoms with Crippen LogP contribution < -0.4 is 5.73 Å². The predicted molar refractivity (Wildman–Crippen MR) is 43.1 cm³/mol. The van der Waals surface area contributed by atoms with E-state index in [0.29, 0.717) is 0 Å². The van der Waals surface area contributed by atoms with Crippen LogP contribution in [0.1, 0.15) is 18.7 Å². The molecule has 1 heterocycles. The fraction of sp³-hybridized carbons (Fsp3) is 0.500. The summed E-state index contributed by atoms with van der Waals surface area (Å²) in [5, 5.41) is 4.10. The van der Waals surface area contributed by atoms with Gasteiger partial charge < -0.3 is 5.73 Å². The van der Waals surface area contributed by atoms with E-state index in [1.807, 2.05) is 26.2 Å². The van der Waals surface area contributed by atoms with Gasteiger partial charge in [0.15, 0.2) is 0 Å². The topological polar surface area (TPSA) is 43.8 Å². The van der Waals surface area contributed by atoms with E-state index >= 15 is 0 Å². The molecule has 2 N–H and O–H groups in total. The highest BCUT2D eigenvalue weighted by Crippen LogP contribution is 2.03. The fourth-order valence-electron chi connectivity index (χ4n) is 0.676. The lowest BCUT2D eigenvalue weighted by Gasteiger charge is -1.96. The summed E-state index contributed by atoms with van der Waals surface area (Å²) in [6.07, 6.45) is 1.89. The molecule has 0 spiro atoms. The number of aryl methyl sites for hydroxylation is 1. The molecule has 0 aliphatic heterocycles. The minimum Gasteiger partial charge on any atom is -0.323 e. The van der Waals surface area contributed by atoms with E-state index in [4.69, 9.17) is 5.73 Å². The van der Waals surface area contributed by atoms with Gasteiger partial charge in [0.05, 0.1) is 5.69 Å². The molecule has 0 aliphatic carbocycles. The maximum absolute atomic E-state index is 5.55. The molecule has 3 nitrogen and oxygen atoms in total. The van der Waals surface area contributed by atoms with Crippen molar-refractivity contribution in [2.24, 2.45) is 12.8 Å². The number of rotatable bonds is 1. The molecule has 1 rings (SSSR count). The standard InChI is InChI=1S/C6H11N3.ClH/c1-5(7)6-3-4-9(2)8-6;/h3-5H,7H2,1-2H3;1H/t5-;/m0./s1. The largest absolute Gasteiger partial charge is 0.323 e. The third kappa shape index (κ3) is 2.01. The highest BCUT2D eigenvalue weighted by molar-refractivity contribution is 5.85. The molecule has 0 aliphatic rings. The van der Waals surface area contributed by atoms with E-state index in [-0.39, 0.29) is 18.4 Å². The molecule has 58 valence electrons. The van der Waals surface area contributed by atoms with Crippen molar-refractivity contribution in [1.29, 1.82) is 0 Å². The van der Waals surface area contributed by atoms with E-state index < -0.39 is 0 Å². The Bertz CT molecular complexity index is 195. The molecule has 1 atom stereocenters. The van der Waals surface area contributed by atoms with E-state index in [1.165, 1.54) is 0 Å². The Morgan fingerprint density at radius 2 is 2.30 bits per heavy atom. The smallest absolute Gasteiger partial charge is 0.0788 e. The van der Waals surface area contributed by atoms with Crippen LogP contribution in [0.4, 0.5) is 0 Å². The first kappa shape index (κ1) is 9.46. The summed E-state index contributed by atoms with van der Waals surface area (Å²) in [5.74, 6) is 0. The van der Waals surface area contributed by atoms with Crippen LogP contribution in [0.3, 0.4) is 0 Å². The predicted octanol–water partition coefficient (Wildman–Crippen LogP) is 0.862. The lowest BCUT2D eigenvalue weighted by atomic mass is 10.3. The summed E-state index contributed by atoms with van der Waals surface area (Å²) >= 11 is 0. The molecule has 0 fully saturated rings. The van der Waals surface area contributed by atoms with Crippen molar-refractivity contribution in [1.82, 2.24) is 9.78 Å². The van der Waals surface area contributed by atoms with Crippen molar-refractivity contribution in [3.63, 3.8) is 0 Å². The van der Waals surface area contributed by atoms with Gasteiger partial charge in [0, 0.05) is 19.3 Å². The van der Waals surface area contributed by atoms with Crippen LogP contribution in [0.2, 0.25) is 0 Å². The number of nitrogens with zero attached hydrogens (tertiary/aromatic N) is 2. The van der Waals surface area contributed by atoms with E-state index in [0.717, 1.165) is 5.69 Å². The number of halogens is 1. The quantitative estimate of drug-likeness (QED) is 0.664. The van der Waals surface area contributed by atoms with Gasteiger partial charge in [-0.05, 0) is 13.0 Å². The maximum atomic E-state index is 5.55. The van der Waals surface area contributed by atoms with Crippen LogP contribution in [-0.2, 0) is 7.05 Å². The SMILES string of the molecule is C[C@H](N)c1ccn(C)n1.Cl. The average molecular weight is 162 g/mol. The Morgan fingerprint density at radius 1 is 1.70 bits per heavy atom. The second-order valence-corrected chi connectivity index (χ2v) is 2.20. The fourth-order valence-corrected chi connectivity index (χ4v) is 0.676. The molecule has 10 heavy (non-hydrogen) atoms. The first-order valence-electron chi connectivity index (χ1n) is 2.95. The Morgan fingerprint density at radius 3 is 2.50 bits per heavy atom. The van der Waals surface area contributed by atoms with Crippen LogP contribution in [0, 0.1) is 0 Å². The number of hydrogen-bond donors (Lipinski definition) is 1. The molecule has 1 aromatic rings. The highest BCUT2D eigenvalue weighted by atomic mass is 35.5.